The minimum absolute atomic E-state index is 0.813. The minimum Gasteiger partial charge on any atom is -0.317 e. The molecule has 62 valence electrons. The predicted octanol–water partition coefficient (Wildman–Crippen LogP) is 2.40. The van der Waals surface area contributed by atoms with Crippen molar-refractivity contribution in [2.24, 2.45) is 0 Å². The molecule has 0 aromatic rings. The summed E-state index contributed by atoms with van der Waals surface area (Å²) in [7, 11) is 0. The van der Waals surface area contributed by atoms with E-state index in [4.69, 9.17) is 11.6 Å². The first kappa shape index (κ1) is 10.2. The summed E-state index contributed by atoms with van der Waals surface area (Å²) in [4.78, 5) is 0. The molecule has 0 rings (SSSR count). The number of unbranched alkanes of at least 4 members (excludes halogenated alkanes) is 2. The average Bonchev–Trinajstić information content (AvgIpc) is 1.97. The fourth-order valence-electron chi connectivity index (χ4n) is 0.823. The second-order valence-corrected chi connectivity index (χ2v) is 2.88. The standard InChI is InChI=1S/C8H18ClN/c1-2-7-10-8-5-3-4-6-9/h10H,2-8H2,1H3. The molecule has 0 aliphatic rings. The van der Waals surface area contributed by atoms with Gasteiger partial charge in [-0.25, -0.2) is 0 Å². The van der Waals surface area contributed by atoms with Gasteiger partial charge in [0.1, 0.15) is 0 Å². The van der Waals surface area contributed by atoms with E-state index in [1.54, 1.807) is 0 Å². The van der Waals surface area contributed by atoms with Crippen molar-refractivity contribution in [2.75, 3.05) is 19.0 Å². The van der Waals surface area contributed by atoms with Gasteiger partial charge in [-0.05, 0) is 32.4 Å². The molecule has 0 amide bonds. The largest absolute Gasteiger partial charge is 0.317 e. The van der Waals surface area contributed by atoms with Crippen LogP contribution in [0.1, 0.15) is 32.6 Å². The number of alkyl halides is 1. The van der Waals surface area contributed by atoms with Gasteiger partial charge in [-0.3, -0.25) is 0 Å². The van der Waals surface area contributed by atoms with E-state index in [1.807, 2.05) is 0 Å². The van der Waals surface area contributed by atoms with Crippen molar-refractivity contribution in [3.8, 4) is 0 Å². The highest BCUT2D eigenvalue weighted by atomic mass is 35.5. The molecule has 0 saturated heterocycles. The van der Waals surface area contributed by atoms with Gasteiger partial charge in [0.05, 0.1) is 0 Å². The van der Waals surface area contributed by atoms with Crippen LogP contribution in [0.25, 0.3) is 0 Å². The Balaban J connectivity index is 2.65. The van der Waals surface area contributed by atoms with Crippen molar-refractivity contribution in [1.29, 1.82) is 0 Å². The molecule has 0 unspecified atom stereocenters. The van der Waals surface area contributed by atoms with Gasteiger partial charge in [0.2, 0.25) is 0 Å². The molecule has 0 spiro atoms. The van der Waals surface area contributed by atoms with E-state index >= 15 is 0 Å². The van der Waals surface area contributed by atoms with E-state index < -0.39 is 0 Å². The molecule has 0 fully saturated rings. The maximum atomic E-state index is 5.52. The maximum absolute atomic E-state index is 5.52. The molecule has 2 heteroatoms. The molecule has 1 nitrogen and oxygen atoms in total. The van der Waals surface area contributed by atoms with Gasteiger partial charge in [0.25, 0.3) is 0 Å². The average molecular weight is 164 g/mol. The lowest BCUT2D eigenvalue weighted by atomic mass is 10.2. The predicted molar refractivity (Wildman–Crippen MR) is 47.7 cm³/mol. The first-order chi connectivity index (χ1) is 4.91. The van der Waals surface area contributed by atoms with E-state index in [-0.39, 0.29) is 0 Å². The summed E-state index contributed by atoms with van der Waals surface area (Å²) in [6.07, 6.45) is 4.93. The maximum Gasteiger partial charge on any atom is 0.0223 e. The number of hydrogen-bond donors (Lipinski definition) is 1. The summed E-state index contributed by atoms with van der Waals surface area (Å²) in [5, 5.41) is 3.35. The van der Waals surface area contributed by atoms with Crippen LogP contribution >= 0.6 is 11.6 Å². The summed E-state index contributed by atoms with van der Waals surface area (Å²) in [6.45, 7) is 4.50. The van der Waals surface area contributed by atoms with Crippen LogP contribution in [0.5, 0.6) is 0 Å². The van der Waals surface area contributed by atoms with Gasteiger partial charge < -0.3 is 5.32 Å². The zero-order valence-electron chi connectivity index (χ0n) is 6.83. The van der Waals surface area contributed by atoms with Crippen LogP contribution in [-0.4, -0.2) is 19.0 Å². The Morgan fingerprint density at radius 3 is 2.50 bits per heavy atom. The van der Waals surface area contributed by atoms with Crippen LogP contribution in [-0.2, 0) is 0 Å². The lowest BCUT2D eigenvalue weighted by Gasteiger charge is -2.00. The third-order valence-corrected chi connectivity index (χ3v) is 1.68. The first-order valence-electron chi connectivity index (χ1n) is 4.18. The summed E-state index contributed by atoms with van der Waals surface area (Å²) in [6, 6.07) is 0. The Morgan fingerprint density at radius 1 is 1.10 bits per heavy atom. The van der Waals surface area contributed by atoms with Gasteiger partial charge in [0, 0.05) is 5.88 Å². The highest BCUT2D eigenvalue weighted by Crippen LogP contribution is 1.95. The summed E-state index contributed by atoms with van der Waals surface area (Å²) >= 11 is 5.52. The summed E-state index contributed by atoms with van der Waals surface area (Å²) in [5.74, 6) is 0.813. The zero-order chi connectivity index (χ0) is 7.66. The van der Waals surface area contributed by atoms with Gasteiger partial charge >= 0.3 is 0 Å². The van der Waals surface area contributed by atoms with Crippen molar-refractivity contribution in [2.45, 2.75) is 32.6 Å². The lowest BCUT2D eigenvalue weighted by Crippen LogP contribution is -2.15. The van der Waals surface area contributed by atoms with E-state index in [2.05, 4.69) is 12.2 Å². The van der Waals surface area contributed by atoms with Gasteiger partial charge in [-0.2, -0.15) is 0 Å². The molecular weight excluding hydrogens is 146 g/mol. The van der Waals surface area contributed by atoms with Crippen LogP contribution in [0.4, 0.5) is 0 Å². The number of halogens is 1. The van der Waals surface area contributed by atoms with Crippen LogP contribution in [0.15, 0.2) is 0 Å². The molecule has 0 aliphatic heterocycles. The van der Waals surface area contributed by atoms with E-state index in [1.165, 1.54) is 19.3 Å². The quantitative estimate of drug-likeness (QED) is 0.449. The van der Waals surface area contributed by atoms with Crippen LogP contribution in [0.2, 0.25) is 0 Å². The lowest BCUT2D eigenvalue weighted by molar-refractivity contribution is 0.612. The Hall–Kier alpha value is 0.250. The third-order valence-electron chi connectivity index (χ3n) is 1.41. The Kier molecular flexibility index (Phi) is 9.48. The molecule has 0 heterocycles. The Morgan fingerprint density at radius 2 is 1.90 bits per heavy atom. The number of hydrogen-bond acceptors (Lipinski definition) is 1. The van der Waals surface area contributed by atoms with E-state index in [9.17, 15) is 0 Å². The highest BCUT2D eigenvalue weighted by molar-refractivity contribution is 6.17. The molecule has 0 aromatic carbocycles. The van der Waals surface area contributed by atoms with Crippen molar-refractivity contribution in [1.82, 2.24) is 5.32 Å². The third kappa shape index (κ3) is 8.25. The van der Waals surface area contributed by atoms with Crippen molar-refractivity contribution >= 4 is 11.6 Å². The molecule has 0 radical (unpaired) electrons. The van der Waals surface area contributed by atoms with Crippen molar-refractivity contribution in [3.05, 3.63) is 0 Å². The Labute approximate surface area is 69.1 Å². The van der Waals surface area contributed by atoms with Crippen molar-refractivity contribution in [3.63, 3.8) is 0 Å². The van der Waals surface area contributed by atoms with Crippen LogP contribution < -0.4 is 5.32 Å². The molecule has 0 saturated carbocycles. The molecule has 0 bridgehead atoms. The molecule has 0 aliphatic carbocycles. The fourth-order valence-corrected chi connectivity index (χ4v) is 1.01. The zero-order valence-corrected chi connectivity index (χ0v) is 7.58. The molecule has 0 aromatic heterocycles. The Bertz CT molecular complexity index is 49.2. The van der Waals surface area contributed by atoms with Crippen molar-refractivity contribution < 1.29 is 0 Å². The summed E-state index contributed by atoms with van der Waals surface area (Å²) in [5.41, 5.74) is 0. The minimum atomic E-state index is 0.813. The molecular formula is C8H18ClN. The number of rotatable bonds is 7. The van der Waals surface area contributed by atoms with Gasteiger partial charge in [0.15, 0.2) is 0 Å². The van der Waals surface area contributed by atoms with Gasteiger partial charge in [-0.1, -0.05) is 13.3 Å². The second-order valence-electron chi connectivity index (χ2n) is 2.50. The monoisotopic (exact) mass is 163 g/mol. The smallest absolute Gasteiger partial charge is 0.0223 e. The highest BCUT2D eigenvalue weighted by Gasteiger charge is 1.86. The fraction of sp³-hybridized carbons (Fsp3) is 1.00. The topological polar surface area (TPSA) is 12.0 Å². The van der Waals surface area contributed by atoms with E-state index in [0.29, 0.717) is 0 Å². The molecule has 0 atom stereocenters. The first-order valence-corrected chi connectivity index (χ1v) is 4.72. The van der Waals surface area contributed by atoms with Crippen LogP contribution in [0, 0.1) is 0 Å². The van der Waals surface area contributed by atoms with Gasteiger partial charge in [-0.15, -0.1) is 11.6 Å². The number of nitrogens with one attached hydrogen (secondary N) is 1. The van der Waals surface area contributed by atoms with E-state index in [0.717, 1.165) is 25.4 Å². The molecule has 10 heavy (non-hydrogen) atoms. The SMILES string of the molecule is CCCNCCCCCCl. The second kappa shape index (κ2) is 9.25. The van der Waals surface area contributed by atoms with Crippen LogP contribution in [0.3, 0.4) is 0 Å². The summed E-state index contributed by atoms with van der Waals surface area (Å²) < 4.78 is 0. The normalized spacial score (nSPS) is 10.2. The molecule has 1 N–H and O–H groups in total.